The summed E-state index contributed by atoms with van der Waals surface area (Å²) in [7, 11) is 2.82. The van der Waals surface area contributed by atoms with Crippen LogP contribution in [0, 0.1) is 11.6 Å². The number of ether oxygens (including phenoxy) is 2. The second-order valence-electron chi connectivity index (χ2n) is 5.03. The van der Waals surface area contributed by atoms with E-state index in [1.54, 1.807) is 25.7 Å². The van der Waals surface area contributed by atoms with E-state index in [0.29, 0.717) is 12.4 Å². The van der Waals surface area contributed by atoms with Crippen LogP contribution in [0.3, 0.4) is 0 Å². The van der Waals surface area contributed by atoms with Crippen LogP contribution >= 0.6 is 0 Å². The van der Waals surface area contributed by atoms with Crippen LogP contribution in [0.5, 0.6) is 11.5 Å². The molecule has 1 aliphatic heterocycles. The number of carbonyl (C=O) groups is 1. The van der Waals surface area contributed by atoms with Crippen LogP contribution in [-0.2, 0) is 27.2 Å². The van der Waals surface area contributed by atoms with Crippen molar-refractivity contribution in [1.29, 1.82) is 0 Å². The Morgan fingerprint density at radius 1 is 1.26 bits per heavy atom. The lowest BCUT2D eigenvalue weighted by Crippen LogP contribution is -2.10. The molecule has 0 amide bonds. The molecule has 0 spiro atoms. The lowest BCUT2D eigenvalue weighted by molar-refractivity contribution is -0.139. The van der Waals surface area contributed by atoms with Crippen LogP contribution in [0.15, 0.2) is 30.3 Å². The number of halogens is 2. The zero-order valence-corrected chi connectivity index (χ0v) is 12.3. The Bertz CT molecular complexity index is 741. The lowest BCUT2D eigenvalue weighted by Gasteiger charge is -2.10. The smallest absolute Gasteiger partial charge is 0.330 e. The van der Waals surface area contributed by atoms with Gasteiger partial charge in [0, 0.05) is 0 Å². The summed E-state index contributed by atoms with van der Waals surface area (Å²) in [6.45, 7) is 0.398. The number of hydrogen-bond acceptors (Lipinski definition) is 4. The van der Waals surface area contributed by atoms with Gasteiger partial charge in [-0.25, -0.2) is 8.78 Å². The maximum absolute atomic E-state index is 14.1. The molecule has 23 heavy (non-hydrogen) atoms. The molecule has 0 N–H and O–H groups in total. The van der Waals surface area contributed by atoms with E-state index in [2.05, 4.69) is 4.74 Å². The van der Waals surface area contributed by atoms with Gasteiger partial charge in [0.1, 0.15) is 5.75 Å². The normalized spacial score (nSPS) is 12.5. The molecule has 3 rings (SSSR count). The molecule has 0 saturated carbocycles. The first kappa shape index (κ1) is 15.5. The highest BCUT2D eigenvalue weighted by molar-refractivity contribution is 6.48. The van der Waals surface area contributed by atoms with Crippen LogP contribution in [0.4, 0.5) is 8.78 Å². The number of methoxy groups -OCH3 is 1. The fraction of sp³-hybridized carbons (Fsp3) is 0.188. The molecule has 117 valence electrons. The van der Waals surface area contributed by atoms with Crippen LogP contribution in [0.25, 0.3) is 0 Å². The standard InChI is InChI=1S/C16H12BF2O4/c1-21-15(20)6-9-4-13(18)16(14(19)5-9)23-11-2-3-12-10(7-11)8-22-17-12/h2-5,7H,6,8H2,1H3. The Labute approximate surface area is 132 Å². The molecule has 1 aliphatic rings. The third kappa shape index (κ3) is 3.34. The molecule has 2 aromatic carbocycles. The summed E-state index contributed by atoms with van der Waals surface area (Å²) in [4.78, 5) is 11.2. The molecular formula is C16H12BF2O4. The minimum Gasteiger partial charge on any atom is -0.469 e. The number of rotatable bonds is 4. The summed E-state index contributed by atoms with van der Waals surface area (Å²) >= 11 is 0. The van der Waals surface area contributed by atoms with Crippen molar-refractivity contribution in [3.8, 4) is 11.5 Å². The van der Waals surface area contributed by atoms with E-state index in [1.165, 1.54) is 7.11 Å². The zero-order chi connectivity index (χ0) is 16.4. The van der Waals surface area contributed by atoms with Crippen molar-refractivity contribution in [3.05, 3.63) is 53.1 Å². The van der Waals surface area contributed by atoms with E-state index >= 15 is 0 Å². The van der Waals surface area contributed by atoms with Gasteiger partial charge in [0.05, 0.1) is 20.1 Å². The minimum absolute atomic E-state index is 0.177. The summed E-state index contributed by atoms with van der Waals surface area (Å²) in [5, 5.41) is 0. The first-order valence-electron chi connectivity index (χ1n) is 6.87. The van der Waals surface area contributed by atoms with Crippen LogP contribution in [0.1, 0.15) is 11.1 Å². The quantitative estimate of drug-likeness (QED) is 0.641. The first-order valence-corrected chi connectivity index (χ1v) is 6.87. The minimum atomic E-state index is -0.882. The fourth-order valence-corrected chi connectivity index (χ4v) is 2.28. The summed E-state index contributed by atoms with van der Waals surface area (Å²) in [5.74, 6) is -2.55. The topological polar surface area (TPSA) is 44.8 Å². The van der Waals surface area contributed by atoms with E-state index < -0.39 is 23.4 Å². The number of esters is 1. The van der Waals surface area contributed by atoms with Gasteiger partial charge in [-0.1, -0.05) is 6.07 Å². The highest BCUT2D eigenvalue weighted by Gasteiger charge is 2.18. The van der Waals surface area contributed by atoms with E-state index in [0.717, 1.165) is 23.2 Å². The molecule has 0 unspecified atom stereocenters. The van der Waals surface area contributed by atoms with Gasteiger partial charge in [0.2, 0.25) is 0 Å². The Kier molecular flexibility index (Phi) is 4.29. The second kappa shape index (κ2) is 6.38. The number of benzene rings is 2. The molecular weight excluding hydrogens is 305 g/mol. The van der Waals surface area contributed by atoms with Gasteiger partial charge in [-0.2, -0.15) is 0 Å². The van der Waals surface area contributed by atoms with Crippen molar-refractivity contribution in [1.82, 2.24) is 0 Å². The SMILES string of the molecule is COC(=O)Cc1cc(F)c(Oc2ccc3c(c2)CO[B]3)c(F)c1. The molecule has 0 saturated heterocycles. The van der Waals surface area contributed by atoms with Gasteiger partial charge in [0.25, 0.3) is 0 Å². The highest BCUT2D eigenvalue weighted by atomic mass is 19.1. The van der Waals surface area contributed by atoms with E-state index in [-0.39, 0.29) is 12.0 Å². The third-order valence-electron chi connectivity index (χ3n) is 3.42. The van der Waals surface area contributed by atoms with Crippen LogP contribution in [0.2, 0.25) is 0 Å². The van der Waals surface area contributed by atoms with Crippen molar-refractivity contribution >= 4 is 18.9 Å². The van der Waals surface area contributed by atoms with Crippen molar-refractivity contribution in [2.75, 3.05) is 7.11 Å². The van der Waals surface area contributed by atoms with Gasteiger partial charge >= 0.3 is 13.5 Å². The predicted octanol–water partition coefficient (Wildman–Crippen LogP) is 2.25. The molecule has 2 aromatic rings. The lowest BCUT2D eigenvalue weighted by atomic mass is 9.87. The summed E-state index contributed by atoms with van der Waals surface area (Å²) in [6, 6.07) is 7.13. The second-order valence-corrected chi connectivity index (χ2v) is 5.03. The number of fused-ring (bicyclic) bond motifs is 1. The van der Waals surface area contributed by atoms with E-state index in [9.17, 15) is 13.6 Å². The average Bonchev–Trinajstić information content (AvgIpc) is 2.98. The van der Waals surface area contributed by atoms with Gasteiger partial charge in [-0.3, -0.25) is 4.79 Å². The first-order chi connectivity index (χ1) is 11.1. The maximum atomic E-state index is 14.1. The van der Waals surface area contributed by atoms with Gasteiger partial charge in [-0.15, -0.1) is 0 Å². The molecule has 0 bridgehead atoms. The summed E-state index contributed by atoms with van der Waals surface area (Å²) < 4.78 is 43.1. The summed E-state index contributed by atoms with van der Waals surface area (Å²) in [5.41, 5.74) is 1.97. The Morgan fingerprint density at radius 3 is 2.70 bits per heavy atom. The Hall–Kier alpha value is -2.41. The average molecular weight is 317 g/mol. The summed E-state index contributed by atoms with van der Waals surface area (Å²) in [6.07, 6.45) is -0.212. The number of carbonyl (C=O) groups excluding carboxylic acids is 1. The molecule has 0 aliphatic carbocycles. The monoisotopic (exact) mass is 317 g/mol. The molecule has 4 nitrogen and oxygen atoms in total. The van der Waals surface area contributed by atoms with Gasteiger partial charge in [0.15, 0.2) is 17.4 Å². The molecule has 1 heterocycles. The zero-order valence-electron chi connectivity index (χ0n) is 12.3. The Morgan fingerprint density at radius 2 is 2.00 bits per heavy atom. The van der Waals surface area contributed by atoms with Crippen molar-refractivity contribution < 1.29 is 27.7 Å². The largest absolute Gasteiger partial charge is 0.469 e. The molecule has 1 radical (unpaired) electrons. The third-order valence-corrected chi connectivity index (χ3v) is 3.42. The van der Waals surface area contributed by atoms with Gasteiger partial charge < -0.3 is 14.1 Å². The van der Waals surface area contributed by atoms with Crippen LogP contribution < -0.4 is 10.2 Å². The van der Waals surface area contributed by atoms with Crippen molar-refractivity contribution in [3.63, 3.8) is 0 Å². The predicted molar refractivity (Wildman–Crippen MR) is 78.8 cm³/mol. The molecule has 0 aromatic heterocycles. The van der Waals surface area contributed by atoms with Crippen molar-refractivity contribution in [2.24, 2.45) is 0 Å². The molecule has 0 atom stereocenters. The maximum Gasteiger partial charge on any atom is 0.330 e. The number of hydrogen-bond donors (Lipinski definition) is 0. The van der Waals surface area contributed by atoms with Gasteiger partial charge in [-0.05, 0) is 40.9 Å². The highest BCUT2D eigenvalue weighted by Crippen LogP contribution is 2.29. The van der Waals surface area contributed by atoms with Crippen LogP contribution in [-0.4, -0.2) is 20.6 Å². The molecule has 0 fully saturated rings. The molecule has 7 heteroatoms. The Balaban J connectivity index is 1.84. The van der Waals surface area contributed by atoms with E-state index in [1.807, 2.05) is 0 Å². The van der Waals surface area contributed by atoms with Crippen molar-refractivity contribution in [2.45, 2.75) is 13.0 Å². The van der Waals surface area contributed by atoms with E-state index in [4.69, 9.17) is 9.39 Å². The fourth-order valence-electron chi connectivity index (χ4n) is 2.28.